The van der Waals surface area contributed by atoms with Crippen molar-refractivity contribution < 1.29 is 4.39 Å². The van der Waals surface area contributed by atoms with E-state index < -0.39 is 0 Å². The summed E-state index contributed by atoms with van der Waals surface area (Å²) in [5.41, 5.74) is 4.63. The molecular weight excluding hydrogens is 427 g/mol. The van der Waals surface area contributed by atoms with E-state index >= 15 is 4.39 Å². The fourth-order valence-corrected chi connectivity index (χ4v) is 4.18. The normalized spacial score (nSPS) is 10.8. The largest absolute Gasteiger partial charge is 0.206 e. The average Bonchev–Trinajstić information content (AvgIpc) is 2.84. The van der Waals surface area contributed by atoms with Crippen LogP contribution in [-0.2, 0) is 6.42 Å². The first kappa shape index (κ1) is 23.1. The van der Waals surface area contributed by atoms with E-state index in [-0.39, 0.29) is 5.82 Å². The molecule has 0 saturated carbocycles. The highest BCUT2D eigenvalue weighted by molar-refractivity contribution is 6.30. The first-order valence-electron chi connectivity index (χ1n) is 11.7. The van der Waals surface area contributed by atoms with Crippen LogP contribution >= 0.6 is 11.6 Å². The van der Waals surface area contributed by atoms with Gasteiger partial charge < -0.3 is 0 Å². The Labute approximate surface area is 201 Å². The zero-order valence-corrected chi connectivity index (χ0v) is 19.8. The minimum Gasteiger partial charge on any atom is -0.206 e. The van der Waals surface area contributed by atoms with Gasteiger partial charge in [0.2, 0.25) is 0 Å². The molecule has 4 rings (SSSR count). The van der Waals surface area contributed by atoms with Gasteiger partial charge in [0.1, 0.15) is 5.82 Å². The van der Waals surface area contributed by atoms with Crippen LogP contribution in [0.4, 0.5) is 4.39 Å². The maximum absolute atomic E-state index is 15.2. The summed E-state index contributed by atoms with van der Waals surface area (Å²) in [5, 5.41) is 2.08. The minimum absolute atomic E-state index is 0.223. The molecule has 0 saturated heterocycles. The number of fused-ring (bicyclic) bond motifs is 1. The van der Waals surface area contributed by atoms with Crippen molar-refractivity contribution in [2.75, 3.05) is 0 Å². The molecule has 0 aliphatic carbocycles. The van der Waals surface area contributed by atoms with E-state index in [2.05, 4.69) is 43.0 Å². The maximum atomic E-state index is 15.2. The Bertz CT molecular complexity index is 1280. The molecule has 4 aromatic carbocycles. The van der Waals surface area contributed by atoms with Crippen LogP contribution in [0, 0.1) is 17.7 Å². The van der Waals surface area contributed by atoms with Crippen molar-refractivity contribution in [2.24, 2.45) is 0 Å². The summed E-state index contributed by atoms with van der Waals surface area (Å²) in [6, 6.07) is 25.2. The predicted molar refractivity (Wildman–Crippen MR) is 139 cm³/mol. The molecule has 0 spiro atoms. The van der Waals surface area contributed by atoms with Crippen molar-refractivity contribution in [1.82, 2.24) is 0 Å². The number of halogens is 2. The second kappa shape index (κ2) is 11.2. The fourth-order valence-electron chi connectivity index (χ4n) is 4.05. The van der Waals surface area contributed by atoms with Crippen LogP contribution in [0.1, 0.15) is 55.7 Å². The molecule has 166 valence electrons. The Balaban J connectivity index is 1.46. The van der Waals surface area contributed by atoms with Crippen molar-refractivity contribution in [3.63, 3.8) is 0 Å². The standard InChI is InChI=1S/C31H28ClF/c1-2-3-4-5-6-7-23-8-10-24(11-9-23)12-13-25-14-20-30-27(22-25)17-21-29(31(30)33)26-15-18-28(32)19-16-26/h8-11,14-22H,2-7H2,1H3. The Morgan fingerprint density at radius 3 is 2.18 bits per heavy atom. The molecule has 0 unspecified atom stereocenters. The Morgan fingerprint density at radius 1 is 0.727 bits per heavy atom. The number of rotatable bonds is 7. The van der Waals surface area contributed by atoms with Gasteiger partial charge in [-0.3, -0.25) is 0 Å². The van der Waals surface area contributed by atoms with Crippen LogP contribution < -0.4 is 0 Å². The van der Waals surface area contributed by atoms with Crippen molar-refractivity contribution in [1.29, 1.82) is 0 Å². The van der Waals surface area contributed by atoms with E-state index in [1.54, 1.807) is 12.1 Å². The highest BCUT2D eigenvalue weighted by Gasteiger charge is 2.09. The molecule has 0 aromatic heterocycles. The summed E-state index contributed by atoms with van der Waals surface area (Å²) in [4.78, 5) is 0. The third-order valence-corrected chi connectivity index (χ3v) is 6.24. The van der Waals surface area contributed by atoms with E-state index in [4.69, 9.17) is 11.6 Å². The van der Waals surface area contributed by atoms with Crippen LogP contribution in [0.25, 0.3) is 21.9 Å². The minimum atomic E-state index is -0.223. The summed E-state index contributed by atoms with van der Waals surface area (Å²) >= 11 is 5.96. The second-order valence-corrected chi connectivity index (χ2v) is 8.92. The Morgan fingerprint density at radius 2 is 1.42 bits per heavy atom. The van der Waals surface area contributed by atoms with E-state index in [0.717, 1.165) is 28.5 Å². The average molecular weight is 455 g/mol. The zero-order chi connectivity index (χ0) is 23.0. The van der Waals surface area contributed by atoms with Crippen LogP contribution in [-0.4, -0.2) is 0 Å². The van der Waals surface area contributed by atoms with Crippen LogP contribution in [0.15, 0.2) is 78.9 Å². The van der Waals surface area contributed by atoms with Gasteiger partial charge in [-0.15, -0.1) is 0 Å². The van der Waals surface area contributed by atoms with Gasteiger partial charge in [0.25, 0.3) is 0 Å². The maximum Gasteiger partial charge on any atom is 0.138 e. The lowest BCUT2D eigenvalue weighted by Crippen LogP contribution is -1.88. The fraction of sp³-hybridized carbons (Fsp3) is 0.226. The highest BCUT2D eigenvalue weighted by atomic mass is 35.5. The molecule has 0 amide bonds. The van der Waals surface area contributed by atoms with Gasteiger partial charge >= 0.3 is 0 Å². The number of benzene rings is 4. The number of unbranched alkanes of at least 4 members (excludes halogenated alkanes) is 4. The van der Waals surface area contributed by atoms with Gasteiger partial charge in [-0.1, -0.05) is 98.5 Å². The van der Waals surface area contributed by atoms with Crippen molar-refractivity contribution in [2.45, 2.75) is 45.4 Å². The zero-order valence-electron chi connectivity index (χ0n) is 19.0. The summed E-state index contributed by atoms with van der Waals surface area (Å²) in [7, 11) is 0. The molecule has 0 atom stereocenters. The number of aryl methyl sites for hydroxylation is 1. The van der Waals surface area contributed by atoms with Crippen molar-refractivity contribution in [3.8, 4) is 23.0 Å². The molecule has 33 heavy (non-hydrogen) atoms. The van der Waals surface area contributed by atoms with E-state index in [1.165, 1.54) is 37.7 Å². The molecule has 0 aliphatic rings. The van der Waals surface area contributed by atoms with Gasteiger partial charge in [0.05, 0.1) is 0 Å². The summed E-state index contributed by atoms with van der Waals surface area (Å²) in [6.45, 7) is 2.24. The predicted octanol–water partition coefficient (Wildman–Crippen LogP) is 9.21. The lowest BCUT2D eigenvalue weighted by atomic mass is 9.99. The number of hydrogen-bond acceptors (Lipinski definition) is 0. The molecule has 0 heterocycles. The second-order valence-electron chi connectivity index (χ2n) is 8.48. The lowest BCUT2D eigenvalue weighted by Gasteiger charge is -2.07. The first-order chi connectivity index (χ1) is 16.1. The molecule has 4 aromatic rings. The molecular formula is C31H28ClF. The summed E-state index contributed by atoms with van der Waals surface area (Å²) in [6.07, 6.45) is 7.63. The molecule has 2 heteroatoms. The third-order valence-electron chi connectivity index (χ3n) is 5.98. The highest BCUT2D eigenvalue weighted by Crippen LogP contribution is 2.30. The van der Waals surface area contributed by atoms with Crippen LogP contribution in [0.3, 0.4) is 0 Å². The molecule has 0 fully saturated rings. The van der Waals surface area contributed by atoms with Gasteiger partial charge in [-0.2, -0.15) is 0 Å². The topological polar surface area (TPSA) is 0 Å². The summed E-state index contributed by atoms with van der Waals surface area (Å²) < 4.78 is 15.2. The van der Waals surface area contributed by atoms with E-state index in [9.17, 15) is 0 Å². The molecule has 0 N–H and O–H groups in total. The quantitative estimate of drug-likeness (QED) is 0.193. The number of hydrogen-bond donors (Lipinski definition) is 0. The summed E-state index contributed by atoms with van der Waals surface area (Å²) in [5.74, 6) is 6.24. The van der Waals surface area contributed by atoms with Crippen LogP contribution in [0.2, 0.25) is 5.02 Å². The molecule has 0 aliphatic heterocycles. The Kier molecular flexibility index (Phi) is 7.82. The molecule has 0 nitrogen and oxygen atoms in total. The molecule has 0 bridgehead atoms. The van der Waals surface area contributed by atoms with Gasteiger partial charge in [0, 0.05) is 27.1 Å². The Hall–Kier alpha value is -3.08. The van der Waals surface area contributed by atoms with Gasteiger partial charge in [-0.05, 0) is 65.8 Å². The van der Waals surface area contributed by atoms with Crippen molar-refractivity contribution >= 4 is 22.4 Å². The smallest absolute Gasteiger partial charge is 0.138 e. The van der Waals surface area contributed by atoms with Gasteiger partial charge in [0.15, 0.2) is 0 Å². The van der Waals surface area contributed by atoms with Crippen molar-refractivity contribution in [3.05, 3.63) is 106 Å². The SMILES string of the molecule is CCCCCCCc1ccc(C#Cc2ccc3c(F)c(-c4ccc(Cl)cc4)ccc3c2)cc1. The first-order valence-corrected chi connectivity index (χ1v) is 12.1. The third kappa shape index (κ3) is 6.04. The van der Waals surface area contributed by atoms with Gasteiger partial charge in [-0.25, -0.2) is 4.39 Å². The lowest BCUT2D eigenvalue weighted by molar-refractivity contribution is 0.632. The molecule has 0 radical (unpaired) electrons. The van der Waals surface area contributed by atoms with E-state index in [0.29, 0.717) is 16.0 Å². The van der Waals surface area contributed by atoms with E-state index in [1.807, 2.05) is 42.5 Å². The monoisotopic (exact) mass is 454 g/mol. The van der Waals surface area contributed by atoms with Crippen LogP contribution in [0.5, 0.6) is 0 Å².